The van der Waals surface area contributed by atoms with E-state index in [4.69, 9.17) is 14.2 Å². The highest BCUT2D eigenvalue weighted by molar-refractivity contribution is 7.14. The number of nitrogens with zero attached hydrogens (tertiary/aromatic N) is 1. The molecule has 160 valence electrons. The molecule has 2 N–H and O–H groups in total. The molecular weight excluding hydrogens is 402 g/mol. The fourth-order valence-electron chi connectivity index (χ4n) is 3.35. The number of thiazole rings is 1. The second-order valence-corrected chi connectivity index (χ2v) is 8.47. The van der Waals surface area contributed by atoms with E-state index < -0.39 is 0 Å². The lowest BCUT2D eigenvalue weighted by molar-refractivity contribution is -0.165. The van der Waals surface area contributed by atoms with Crippen LogP contribution in [-0.2, 0) is 9.47 Å². The maximum atomic E-state index is 12.6. The van der Waals surface area contributed by atoms with Crippen molar-refractivity contribution in [2.75, 3.05) is 25.1 Å². The minimum Gasteiger partial charge on any atom is -0.491 e. The lowest BCUT2D eigenvalue weighted by Gasteiger charge is -2.22. The molecule has 0 amide bonds. The highest BCUT2D eigenvalue weighted by atomic mass is 32.1. The van der Waals surface area contributed by atoms with Gasteiger partial charge in [0, 0.05) is 35.5 Å². The third kappa shape index (κ3) is 5.19. The minimum atomic E-state index is -0.119. The van der Waals surface area contributed by atoms with Crippen LogP contribution in [-0.4, -0.2) is 42.1 Å². The average Bonchev–Trinajstić information content (AvgIpc) is 3.19. The number of ether oxygens (including phenoxy) is 3. The Balaban J connectivity index is 1.44. The van der Waals surface area contributed by atoms with E-state index in [1.165, 1.54) is 11.3 Å². The molecule has 30 heavy (non-hydrogen) atoms. The Morgan fingerprint density at radius 2 is 2.20 bits per heavy atom. The zero-order valence-corrected chi connectivity index (χ0v) is 18.1. The van der Waals surface area contributed by atoms with Crippen molar-refractivity contribution in [2.24, 2.45) is 0 Å². The number of hydrogen-bond acceptors (Lipinski definition) is 7. The molecule has 1 fully saturated rings. The predicted molar refractivity (Wildman–Crippen MR) is 119 cm³/mol. The lowest BCUT2D eigenvalue weighted by atomic mass is 10.1. The van der Waals surface area contributed by atoms with E-state index in [9.17, 15) is 4.79 Å². The van der Waals surface area contributed by atoms with Crippen LogP contribution >= 0.6 is 11.3 Å². The van der Waals surface area contributed by atoms with E-state index in [1.807, 2.05) is 17.5 Å². The minimum absolute atomic E-state index is 0.0468. The standard InChI is InChI=1S/C22H27N3O4S/c1-14(2)23-22-25-19(13-30-22)18-12-20(26)16-7-6-15(11-17(16)24-18)27-9-10-29-21-5-3-4-8-28-21/h6-7,11-14,21H,3-5,8-10H2,1-2H3,(H,23,25)(H,24,26). The number of H-pyrrole nitrogens is 1. The number of rotatable bonds is 8. The third-order valence-electron chi connectivity index (χ3n) is 4.79. The normalized spacial score (nSPS) is 16.8. The zero-order valence-electron chi connectivity index (χ0n) is 17.3. The Morgan fingerprint density at radius 3 is 3.00 bits per heavy atom. The van der Waals surface area contributed by atoms with Gasteiger partial charge in [-0.05, 0) is 45.2 Å². The molecule has 1 saturated heterocycles. The summed E-state index contributed by atoms with van der Waals surface area (Å²) in [5.74, 6) is 0.684. The first kappa shape index (κ1) is 20.8. The molecule has 7 nitrogen and oxygen atoms in total. The zero-order chi connectivity index (χ0) is 20.9. The molecule has 1 aliphatic heterocycles. The highest BCUT2D eigenvalue weighted by Gasteiger charge is 2.14. The van der Waals surface area contributed by atoms with Gasteiger partial charge < -0.3 is 24.5 Å². The van der Waals surface area contributed by atoms with Crippen LogP contribution in [0.2, 0.25) is 0 Å². The van der Waals surface area contributed by atoms with Crippen LogP contribution in [0.25, 0.3) is 22.3 Å². The summed E-state index contributed by atoms with van der Waals surface area (Å²) in [5, 5.41) is 6.67. The smallest absolute Gasteiger partial charge is 0.190 e. The largest absolute Gasteiger partial charge is 0.491 e. The fraction of sp³-hybridized carbons (Fsp3) is 0.455. The van der Waals surface area contributed by atoms with Crippen LogP contribution in [0.3, 0.4) is 0 Å². The molecule has 1 aliphatic rings. The van der Waals surface area contributed by atoms with Crippen molar-refractivity contribution in [2.45, 2.75) is 45.4 Å². The molecule has 3 heterocycles. The first-order valence-electron chi connectivity index (χ1n) is 10.3. The number of hydrogen-bond donors (Lipinski definition) is 2. The van der Waals surface area contributed by atoms with E-state index in [0.29, 0.717) is 36.1 Å². The number of aromatic amines is 1. The highest BCUT2D eigenvalue weighted by Crippen LogP contribution is 2.25. The molecule has 2 aromatic heterocycles. The molecule has 0 bridgehead atoms. The van der Waals surface area contributed by atoms with Gasteiger partial charge in [-0.2, -0.15) is 0 Å². The fourth-order valence-corrected chi connectivity index (χ4v) is 4.21. The summed E-state index contributed by atoms with van der Waals surface area (Å²) in [7, 11) is 0. The van der Waals surface area contributed by atoms with Crippen LogP contribution in [0.5, 0.6) is 5.75 Å². The van der Waals surface area contributed by atoms with Crippen molar-refractivity contribution in [1.29, 1.82) is 0 Å². The van der Waals surface area contributed by atoms with Crippen molar-refractivity contribution in [1.82, 2.24) is 9.97 Å². The second-order valence-electron chi connectivity index (χ2n) is 7.61. The maximum absolute atomic E-state index is 12.6. The van der Waals surface area contributed by atoms with Gasteiger partial charge in [0.1, 0.15) is 12.4 Å². The summed E-state index contributed by atoms with van der Waals surface area (Å²) in [6.45, 7) is 5.77. The van der Waals surface area contributed by atoms with Gasteiger partial charge in [-0.15, -0.1) is 11.3 Å². The van der Waals surface area contributed by atoms with E-state index >= 15 is 0 Å². The van der Waals surface area contributed by atoms with Crippen molar-refractivity contribution in [3.05, 3.63) is 39.9 Å². The Kier molecular flexibility index (Phi) is 6.66. The SMILES string of the molecule is CC(C)Nc1nc(-c2cc(=O)c3ccc(OCCOC4CCCCO4)cc3[nH]2)cs1. The number of pyridine rings is 1. The number of fused-ring (bicyclic) bond motifs is 1. The Morgan fingerprint density at radius 1 is 1.30 bits per heavy atom. The van der Waals surface area contributed by atoms with Crippen molar-refractivity contribution in [3.8, 4) is 17.1 Å². The Hall–Kier alpha value is -2.42. The maximum Gasteiger partial charge on any atom is 0.190 e. The summed E-state index contributed by atoms with van der Waals surface area (Å²) in [6.07, 6.45) is 3.06. The predicted octanol–water partition coefficient (Wildman–Crippen LogP) is 4.39. The molecule has 1 unspecified atom stereocenters. The molecule has 0 radical (unpaired) electrons. The van der Waals surface area contributed by atoms with E-state index in [1.54, 1.807) is 12.1 Å². The van der Waals surface area contributed by atoms with Crippen LogP contribution < -0.4 is 15.5 Å². The summed E-state index contributed by atoms with van der Waals surface area (Å²) in [6, 6.07) is 7.33. The monoisotopic (exact) mass is 429 g/mol. The molecule has 4 rings (SSSR count). The number of benzene rings is 1. The van der Waals surface area contributed by atoms with Gasteiger partial charge in [-0.1, -0.05) is 0 Å². The molecule has 1 atom stereocenters. The van der Waals surface area contributed by atoms with Gasteiger partial charge in [-0.25, -0.2) is 4.98 Å². The van der Waals surface area contributed by atoms with Crippen LogP contribution in [0.4, 0.5) is 5.13 Å². The lowest BCUT2D eigenvalue weighted by Crippen LogP contribution is -2.24. The van der Waals surface area contributed by atoms with Crippen LogP contribution in [0.15, 0.2) is 34.4 Å². The van der Waals surface area contributed by atoms with Crippen molar-refractivity contribution < 1.29 is 14.2 Å². The topological polar surface area (TPSA) is 85.5 Å². The van der Waals surface area contributed by atoms with Crippen LogP contribution in [0.1, 0.15) is 33.1 Å². The average molecular weight is 430 g/mol. The van der Waals surface area contributed by atoms with Gasteiger partial charge in [-0.3, -0.25) is 4.79 Å². The molecule has 0 saturated carbocycles. The second kappa shape index (κ2) is 9.59. The Bertz CT molecular complexity index is 1040. The summed E-state index contributed by atoms with van der Waals surface area (Å²) >= 11 is 1.52. The van der Waals surface area contributed by atoms with Gasteiger partial charge >= 0.3 is 0 Å². The summed E-state index contributed by atoms with van der Waals surface area (Å²) in [5.41, 5.74) is 2.11. The number of aromatic nitrogens is 2. The van der Waals surface area contributed by atoms with E-state index in [-0.39, 0.29) is 11.7 Å². The van der Waals surface area contributed by atoms with Gasteiger partial charge in [0.05, 0.1) is 23.5 Å². The Labute approximate surface area is 179 Å². The first-order valence-corrected chi connectivity index (χ1v) is 11.2. The molecule has 0 aliphatic carbocycles. The molecule has 1 aromatic carbocycles. The van der Waals surface area contributed by atoms with Crippen LogP contribution in [0, 0.1) is 0 Å². The number of anilines is 1. The molecular formula is C22H27N3O4S. The summed E-state index contributed by atoms with van der Waals surface area (Å²) in [4.78, 5) is 20.5. The van der Waals surface area contributed by atoms with Crippen molar-refractivity contribution >= 4 is 27.4 Å². The molecule has 8 heteroatoms. The third-order valence-corrected chi connectivity index (χ3v) is 5.56. The van der Waals surface area contributed by atoms with E-state index in [2.05, 4.69) is 29.1 Å². The van der Waals surface area contributed by atoms with Crippen molar-refractivity contribution in [3.63, 3.8) is 0 Å². The molecule has 0 spiro atoms. The quantitative estimate of drug-likeness (QED) is 0.517. The first-order chi connectivity index (χ1) is 14.6. The van der Waals surface area contributed by atoms with Gasteiger partial charge in [0.25, 0.3) is 0 Å². The molecule has 3 aromatic rings. The number of nitrogens with one attached hydrogen (secondary N) is 2. The van der Waals surface area contributed by atoms with Gasteiger partial charge in [0.15, 0.2) is 16.9 Å². The van der Waals surface area contributed by atoms with E-state index in [0.717, 1.165) is 42.2 Å². The summed E-state index contributed by atoms with van der Waals surface area (Å²) < 4.78 is 17.1. The van der Waals surface area contributed by atoms with Gasteiger partial charge in [0.2, 0.25) is 0 Å².